The number of nitrogens with one attached hydrogen (secondary N) is 1. The van der Waals surface area contributed by atoms with Gasteiger partial charge in [-0.15, -0.1) is 17.9 Å². The molecule has 2 atom stereocenters. The van der Waals surface area contributed by atoms with Gasteiger partial charge in [-0.25, -0.2) is 0 Å². The van der Waals surface area contributed by atoms with Crippen LogP contribution in [0.3, 0.4) is 0 Å². The van der Waals surface area contributed by atoms with E-state index < -0.39 is 0 Å². The van der Waals surface area contributed by atoms with Crippen molar-refractivity contribution in [2.24, 2.45) is 0 Å². The van der Waals surface area contributed by atoms with Crippen molar-refractivity contribution in [3.63, 3.8) is 0 Å². The molecule has 82 valence electrons. The van der Waals surface area contributed by atoms with E-state index in [1.807, 2.05) is 17.4 Å². The average molecular weight is 221 g/mol. The molecule has 0 fully saturated rings. The summed E-state index contributed by atoms with van der Waals surface area (Å²) in [6.07, 6.45) is 7.04. The molecule has 0 saturated heterocycles. The monoisotopic (exact) mass is 221 g/mol. The van der Waals surface area contributed by atoms with E-state index in [0.717, 1.165) is 6.42 Å². The third kappa shape index (κ3) is 2.16. The summed E-state index contributed by atoms with van der Waals surface area (Å²) in [5.74, 6) is 0.697. The Morgan fingerprint density at radius 2 is 2.60 bits per heavy atom. The smallest absolute Gasteiger partial charge is 0.0168 e. The van der Waals surface area contributed by atoms with Crippen LogP contribution < -0.4 is 5.32 Å². The number of rotatable bonds is 4. The predicted octanol–water partition coefficient (Wildman–Crippen LogP) is 3.33. The van der Waals surface area contributed by atoms with Crippen LogP contribution in [0, 0.1) is 0 Å². The minimum absolute atomic E-state index is 0.566. The number of likely N-dealkylation sites (N-methyl/N-ethyl adjacent to an activating group) is 1. The highest BCUT2D eigenvalue weighted by Gasteiger charge is 2.26. The Kier molecular flexibility index (Phi) is 3.60. The van der Waals surface area contributed by atoms with Crippen LogP contribution in [0.5, 0.6) is 0 Å². The van der Waals surface area contributed by atoms with Crippen molar-refractivity contribution in [3.8, 4) is 0 Å². The lowest BCUT2D eigenvalue weighted by molar-refractivity contribution is 0.418. The molecule has 1 aliphatic rings. The molecule has 0 spiro atoms. The molecule has 0 amide bonds. The molecule has 0 radical (unpaired) electrons. The Morgan fingerprint density at radius 3 is 3.33 bits per heavy atom. The molecule has 1 aromatic rings. The molecular formula is C13H19NS. The summed E-state index contributed by atoms with van der Waals surface area (Å²) in [7, 11) is 2.06. The van der Waals surface area contributed by atoms with Gasteiger partial charge in [0.05, 0.1) is 0 Å². The fraction of sp³-hybridized carbons (Fsp3) is 0.538. The van der Waals surface area contributed by atoms with Crippen LogP contribution in [0.2, 0.25) is 0 Å². The summed E-state index contributed by atoms with van der Waals surface area (Å²) in [6, 6.07) is 2.88. The molecule has 1 nitrogen and oxygen atoms in total. The molecule has 0 aromatic carbocycles. The van der Waals surface area contributed by atoms with Gasteiger partial charge >= 0.3 is 0 Å². The summed E-state index contributed by atoms with van der Waals surface area (Å²) in [5.41, 5.74) is 1.59. The van der Waals surface area contributed by atoms with Crippen LogP contribution in [0.4, 0.5) is 0 Å². The summed E-state index contributed by atoms with van der Waals surface area (Å²) in [6.45, 7) is 3.85. The zero-order valence-electron chi connectivity index (χ0n) is 9.33. The van der Waals surface area contributed by atoms with Crippen LogP contribution in [0.1, 0.15) is 35.6 Å². The van der Waals surface area contributed by atoms with Crippen molar-refractivity contribution in [3.05, 3.63) is 34.5 Å². The van der Waals surface area contributed by atoms with E-state index in [1.54, 1.807) is 10.4 Å². The fourth-order valence-electron chi connectivity index (χ4n) is 2.60. The molecule has 0 bridgehead atoms. The highest BCUT2D eigenvalue weighted by molar-refractivity contribution is 7.10. The van der Waals surface area contributed by atoms with Crippen molar-refractivity contribution in [2.75, 3.05) is 7.05 Å². The van der Waals surface area contributed by atoms with Crippen molar-refractivity contribution >= 4 is 11.3 Å². The minimum Gasteiger partial charge on any atom is -0.316 e. The SMILES string of the molecule is C=CCC(NC)C1CCCc2sccc21. The Balaban J connectivity index is 2.20. The molecule has 1 heterocycles. The second-order valence-electron chi connectivity index (χ2n) is 4.22. The Bertz CT molecular complexity index is 329. The van der Waals surface area contributed by atoms with Crippen molar-refractivity contribution in [1.82, 2.24) is 5.32 Å². The third-order valence-corrected chi connectivity index (χ3v) is 4.37. The first-order valence-electron chi connectivity index (χ1n) is 5.71. The van der Waals surface area contributed by atoms with Gasteiger partial charge in [0.25, 0.3) is 0 Å². The van der Waals surface area contributed by atoms with Gasteiger partial charge in [0.1, 0.15) is 0 Å². The van der Waals surface area contributed by atoms with Crippen LogP contribution in [0.25, 0.3) is 0 Å². The van der Waals surface area contributed by atoms with Gasteiger partial charge in [-0.1, -0.05) is 6.08 Å². The van der Waals surface area contributed by atoms with Crippen molar-refractivity contribution in [1.29, 1.82) is 0 Å². The largest absolute Gasteiger partial charge is 0.316 e. The molecule has 0 saturated carbocycles. The van der Waals surface area contributed by atoms with E-state index >= 15 is 0 Å². The number of fused-ring (bicyclic) bond motifs is 1. The molecule has 1 N–H and O–H groups in total. The van der Waals surface area contributed by atoms with Crippen LogP contribution in [0.15, 0.2) is 24.1 Å². The predicted molar refractivity (Wildman–Crippen MR) is 67.7 cm³/mol. The van der Waals surface area contributed by atoms with E-state index in [0.29, 0.717) is 12.0 Å². The molecule has 0 aliphatic heterocycles. The first-order chi connectivity index (χ1) is 7.36. The van der Waals surface area contributed by atoms with Gasteiger partial charge in [-0.2, -0.15) is 0 Å². The van der Waals surface area contributed by atoms with E-state index in [-0.39, 0.29) is 0 Å². The standard InChI is InChI=1S/C13H19NS/c1-3-5-12(14-2)10-6-4-7-13-11(10)8-9-15-13/h3,8-10,12,14H,1,4-7H2,2H3. The van der Waals surface area contributed by atoms with Crippen LogP contribution in [-0.4, -0.2) is 13.1 Å². The number of aryl methyl sites for hydroxylation is 1. The fourth-order valence-corrected chi connectivity index (χ4v) is 3.60. The maximum atomic E-state index is 3.85. The van der Waals surface area contributed by atoms with Gasteiger partial charge in [-0.3, -0.25) is 0 Å². The molecule has 1 aromatic heterocycles. The number of hydrogen-bond donors (Lipinski definition) is 1. The minimum atomic E-state index is 0.566. The summed E-state index contributed by atoms with van der Waals surface area (Å²) in [4.78, 5) is 1.61. The van der Waals surface area contributed by atoms with E-state index in [4.69, 9.17) is 0 Å². The summed E-state index contributed by atoms with van der Waals surface area (Å²) in [5, 5.41) is 5.68. The maximum absolute atomic E-state index is 3.85. The lowest BCUT2D eigenvalue weighted by Crippen LogP contribution is -2.33. The van der Waals surface area contributed by atoms with Crippen molar-refractivity contribution < 1.29 is 0 Å². The highest BCUT2D eigenvalue weighted by Crippen LogP contribution is 2.37. The first-order valence-corrected chi connectivity index (χ1v) is 6.59. The quantitative estimate of drug-likeness (QED) is 0.769. The molecule has 1 aliphatic carbocycles. The first kappa shape index (κ1) is 10.9. The third-order valence-electron chi connectivity index (χ3n) is 3.38. The van der Waals surface area contributed by atoms with E-state index in [9.17, 15) is 0 Å². The van der Waals surface area contributed by atoms with Crippen LogP contribution in [-0.2, 0) is 6.42 Å². The second-order valence-corrected chi connectivity index (χ2v) is 5.22. The van der Waals surface area contributed by atoms with E-state index in [1.165, 1.54) is 19.3 Å². The number of thiophene rings is 1. The Morgan fingerprint density at radius 1 is 1.73 bits per heavy atom. The Labute approximate surface area is 96.2 Å². The van der Waals surface area contributed by atoms with E-state index in [2.05, 4.69) is 30.4 Å². The van der Waals surface area contributed by atoms with Gasteiger partial charge < -0.3 is 5.32 Å². The normalized spacial score (nSPS) is 22.1. The zero-order chi connectivity index (χ0) is 10.7. The molecule has 15 heavy (non-hydrogen) atoms. The molecular weight excluding hydrogens is 202 g/mol. The topological polar surface area (TPSA) is 12.0 Å². The van der Waals surface area contributed by atoms with Gasteiger partial charge in [0.15, 0.2) is 0 Å². The summed E-state index contributed by atoms with van der Waals surface area (Å²) < 4.78 is 0. The van der Waals surface area contributed by atoms with Crippen molar-refractivity contribution in [2.45, 2.75) is 37.6 Å². The summed E-state index contributed by atoms with van der Waals surface area (Å²) >= 11 is 1.92. The average Bonchev–Trinajstić information content (AvgIpc) is 2.73. The molecule has 2 heteroatoms. The van der Waals surface area contributed by atoms with Gasteiger partial charge in [0.2, 0.25) is 0 Å². The highest BCUT2D eigenvalue weighted by atomic mass is 32.1. The zero-order valence-corrected chi connectivity index (χ0v) is 10.1. The molecule has 2 unspecified atom stereocenters. The maximum Gasteiger partial charge on any atom is 0.0168 e. The second kappa shape index (κ2) is 4.95. The Hall–Kier alpha value is -0.600. The lowest BCUT2D eigenvalue weighted by atomic mass is 9.81. The lowest BCUT2D eigenvalue weighted by Gasteiger charge is -2.29. The number of hydrogen-bond acceptors (Lipinski definition) is 2. The van der Waals surface area contributed by atoms with Crippen LogP contribution >= 0.6 is 11.3 Å². The molecule has 2 rings (SSSR count). The van der Waals surface area contributed by atoms with Gasteiger partial charge in [0, 0.05) is 16.8 Å². The van der Waals surface area contributed by atoms with Gasteiger partial charge in [-0.05, 0) is 49.7 Å².